The first kappa shape index (κ1) is 9.77. The van der Waals surface area contributed by atoms with Gasteiger partial charge in [0.1, 0.15) is 17.1 Å². The van der Waals surface area contributed by atoms with Crippen LogP contribution in [-0.2, 0) is 0 Å². The van der Waals surface area contributed by atoms with Crippen molar-refractivity contribution in [2.24, 2.45) is 0 Å². The molecule has 3 heteroatoms. The van der Waals surface area contributed by atoms with Crippen LogP contribution in [0, 0.1) is 13.8 Å². The first-order chi connectivity index (χ1) is 7.13. The molecular formula is C12H14N2O. The van der Waals surface area contributed by atoms with Crippen molar-refractivity contribution in [1.82, 2.24) is 4.98 Å². The standard InChI is InChI=1S/C12H14N2O/c1-7-4-5-9(15-3)12-11(7)8(2)6-10(13)14-12/h4-6H,1-3H3,(H2,13,14). The molecule has 0 fully saturated rings. The normalized spacial score (nSPS) is 10.6. The van der Waals surface area contributed by atoms with Crippen LogP contribution >= 0.6 is 0 Å². The summed E-state index contributed by atoms with van der Waals surface area (Å²) in [4.78, 5) is 4.32. The maximum atomic E-state index is 5.73. The summed E-state index contributed by atoms with van der Waals surface area (Å²) in [5, 5.41) is 1.13. The molecule has 1 heterocycles. The SMILES string of the molecule is COc1ccc(C)c2c(C)cc(N)nc12. The quantitative estimate of drug-likeness (QED) is 0.772. The van der Waals surface area contributed by atoms with Gasteiger partial charge in [-0.1, -0.05) is 6.07 Å². The average molecular weight is 202 g/mol. The summed E-state index contributed by atoms with van der Waals surface area (Å²) in [6.07, 6.45) is 0. The molecule has 78 valence electrons. The second kappa shape index (κ2) is 3.42. The molecular weight excluding hydrogens is 188 g/mol. The lowest BCUT2D eigenvalue weighted by Crippen LogP contribution is -1.96. The Morgan fingerprint density at radius 1 is 1.20 bits per heavy atom. The van der Waals surface area contributed by atoms with E-state index in [0.717, 1.165) is 22.2 Å². The third-order valence-electron chi connectivity index (χ3n) is 2.57. The largest absolute Gasteiger partial charge is 0.494 e. The molecule has 0 amide bonds. The third kappa shape index (κ3) is 1.50. The van der Waals surface area contributed by atoms with Gasteiger partial charge in [0.05, 0.1) is 7.11 Å². The highest BCUT2D eigenvalue weighted by molar-refractivity contribution is 5.91. The molecule has 0 radical (unpaired) electrons. The predicted octanol–water partition coefficient (Wildman–Crippen LogP) is 2.44. The Balaban J connectivity index is 2.93. The Bertz CT molecular complexity index is 521. The molecule has 15 heavy (non-hydrogen) atoms. The number of nitrogen functional groups attached to an aromatic ring is 1. The first-order valence-corrected chi connectivity index (χ1v) is 4.84. The van der Waals surface area contributed by atoms with Gasteiger partial charge in [-0.15, -0.1) is 0 Å². The van der Waals surface area contributed by atoms with Crippen molar-refractivity contribution in [3.63, 3.8) is 0 Å². The van der Waals surface area contributed by atoms with E-state index in [0.29, 0.717) is 5.82 Å². The monoisotopic (exact) mass is 202 g/mol. The molecule has 0 bridgehead atoms. The van der Waals surface area contributed by atoms with Crippen LogP contribution < -0.4 is 10.5 Å². The Morgan fingerprint density at radius 2 is 1.93 bits per heavy atom. The number of rotatable bonds is 1. The van der Waals surface area contributed by atoms with Crippen LogP contribution in [0.15, 0.2) is 18.2 Å². The molecule has 0 atom stereocenters. The van der Waals surface area contributed by atoms with Crippen LogP contribution in [0.2, 0.25) is 0 Å². The number of hydrogen-bond donors (Lipinski definition) is 1. The van der Waals surface area contributed by atoms with E-state index in [1.807, 2.05) is 25.1 Å². The van der Waals surface area contributed by atoms with E-state index in [2.05, 4.69) is 11.9 Å². The summed E-state index contributed by atoms with van der Waals surface area (Å²) in [6.45, 7) is 4.10. The Hall–Kier alpha value is -1.77. The number of aromatic nitrogens is 1. The third-order valence-corrected chi connectivity index (χ3v) is 2.57. The highest BCUT2D eigenvalue weighted by Gasteiger charge is 2.08. The van der Waals surface area contributed by atoms with Crippen molar-refractivity contribution in [1.29, 1.82) is 0 Å². The van der Waals surface area contributed by atoms with Crippen LogP contribution in [0.1, 0.15) is 11.1 Å². The van der Waals surface area contributed by atoms with E-state index >= 15 is 0 Å². The van der Waals surface area contributed by atoms with Crippen LogP contribution in [-0.4, -0.2) is 12.1 Å². The second-order valence-electron chi connectivity index (χ2n) is 3.67. The van der Waals surface area contributed by atoms with Crippen LogP contribution in [0.3, 0.4) is 0 Å². The summed E-state index contributed by atoms with van der Waals surface area (Å²) in [5.74, 6) is 1.30. The fraction of sp³-hybridized carbons (Fsp3) is 0.250. The smallest absolute Gasteiger partial charge is 0.145 e. The topological polar surface area (TPSA) is 48.1 Å². The van der Waals surface area contributed by atoms with E-state index in [1.54, 1.807) is 7.11 Å². The van der Waals surface area contributed by atoms with Crippen molar-refractivity contribution in [3.8, 4) is 5.75 Å². The fourth-order valence-corrected chi connectivity index (χ4v) is 1.90. The van der Waals surface area contributed by atoms with E-state index in [-0.39, 0.29) is 0 Å². The van der Waals surface area contributed by atoms with Crippen molar-refractivity contribution < 1.29 is 4.74 Å². The summed E-state index contributed by atoms with van der Waals surface area (Å²) in [6, 6.07) is 5.84. The number of hydrogen-bond acceptors (Lipinski definition) is 3. The lowest BCUT2D eigenvalue weighted by atomic mass is 10.0. The van der Waals surface area contributed by atoms with Crippen molar-refractivity contribution in [3.05, 3.63) is 29.3 Å². The molecule has 0 spiro atoms. The van der Waals surface area contributed by atoms with Gasteiger partial charge in [0.15, 0.2) is 0 Å². The number of anilines is 1. The van der Waals surface area contributed by atoms with Gasteiger partial charge in [0.2, 0.25) is 0 Å². The zero-order valence-corrected chi connectivity index (χ0v) is 9.16. The first-order valence-electron chi connectivity index (χ1n) is 4.84. The molecule has 0 aliphatic carbocycles. The number of methoxy groups -OCH3 is 1. The molecule has 0 saturated heterocycles. The molecule has 2 N–H and O–H groups in total. The Labute approximate surface area is 88.9 Å². The van der Waals surface area contributed by atoms with Gasteiger partial charge < -0.3 is 10.5 Å². The van der Waals surface area contributed by atoms with Crippen molar-refractivity contribution >= 4 is 16.7 Å². The molecule has 1 aromatic carbocycles. The van der Waals surface area contributed by atoms with Gasteiger partial charge in [-0.3, -0.25) is 0 Å². The maximum Gasteiger partial charge on any atom is 0.145 e. The van der Waals surface area contributed by atoms with Crippen molar-refractivity contribution in [2.75, 3.05) is 12.8 Å². The van der Waals surface area contributed by atoms with E-state index in [9.17, 15) is 0 Å². The number of ether oxygens (including phenoxy) is 1. The van der Waals surface area contributed by atoms with Gasteiger partial charge in [0, 0.05) is 5.39 Å². The highest BCUT2D eigenvalue weighted by atomic mass is 16.5. The van der Waals surface area contributed by atoms with E-state index < -0.39 is 0 Å². The number of aryl methyl sites for hydroxylation is 2. The number of benzene rings is 1. The van der Waals surface area contributed by atoms with Crippen molar-refractivity contribution in [2.45, 2.75) is 13.8 Å². The van der Waals surface area contributed by atoms with E-state index in [4.69, 9.17) is 10.5 Å². The molecule has 0 aliphatic rings. The number of pyridine rings is 1. The van der Waals surface area contributed by atoms with Gasteiger partial charge in [-0.25, -0.2) is 4.98 Å². The second-order valence-corrected chi connectivity index (χ2v) is 3.67. The summed E-state index contributed by atoms with van der Waals surface area (Å²) < 4.78 is 5.27. The van der Waals surface area contributed by atoms with E-state index in [1.165, 1.54) is 5.56 Å². The lowest BCUT2D eigenvalue weighted by Gasteiger charge is -2.10. The van der Waals surface area contributed by atoms with Crippen LogP contribution in [0.5, 0.6) is 5.75 Å². The molecule has 0 aliphatic heterocycles. The van der Waals surface area contributed by atoms with Crippen LogP contribution in [0.25, 0.3) is 10.9 Å². The molecule has 0 saturated carbocycles. The maximum absolute atomic E-state index is 5.73. The number of nitrogens with two attached hydrogens (primary N) is 1. The zero-order chi connectivity index (χ0) is 11.0. The predicted molar refractivity (Wildman–Crippen MR) is 62.2 cm³/mol. The van der Waals surface area contributed by atoms with Crippen LogP contribution in [0.4, 0.5) is 5.82 Å². The molecule has 1 aromatic heterocycles. The molecule has 2 aromatic rings. The lowest BCUT2D eigenvalue weighted by molar-refractivity contribution is 0.419. The molecule has 0 unspecified atom stereocenters. The van der Waals surface area contributed by atoms with Gasteiger partial charge in [-0.2, -0.15) is 0 Å². The molecule has 3 nitrogen and oxygen atoms in total. The minimum atomic E-state index is 0.531. The number of nitrogens with zero attached hydrogens (tertiary/aromatic N) is 1. The zero-order valence-electron chi connectivity index (χ0n) is 9.16. The summed E-state index contributed by atoms with van der Waals surface area (Å²) in [7, 11) is 1.64. The summed E-state index contributed by atoms with van der Waals surface area (Å²) in [5.41, 5.74) is 8.90. The average Bonchev–Trinajstić information content (AvgIpc) is 2.17. The Kier molecular flexibility index (Phi) is 2.23. The minimum Gasteiger partial charge on any atom is -0.494 e. The van der Waals surface area contributed by atoms with Gasteiger partial charge in [0.25, 0.3) is 0 Å². The molecule has 2 rings (SSSR count). The van der Waals surface area contributed by atoms with Gasteiger partial charge in [-0.05, 0) is 37.1 Å². The summed E-state index contributed by atoms with van der Waals surface area (Å²) >= 11 is 0. The minimum absolute atomic E-state index is 0.531. The number of fused-ring (bicyclic) bond motifs is 1. The fourth-order valence-electron chi connectivity index (χ4n) is 1.90. The Morgan fingerprint density at radius 3 is 2.60 bits per heavy atom. The van der Waals surface area contributed by atoms with Gasteiger partial charge >= 0.3 is 0 Å². The highest BCUT2D eigenvalue weighted by Crippen LogP contribution is 2.29.